The summed E-state index contributed by atoms with van der Waals surface area (Å²) >= 11 is 0. The zero-order valence-electron chi connectivity index (χ0n) is 8.78. The summed E-state index contributed by atoms with van der Waals surface area (Å²) in [5, 5.41) is 0. The topological polar surface area (TPSA) is 66.8 Å². The second-order valence-corrected chi connectivity index (χ2v) is 4.58. The molecule has 0 rings (SSSR count). The summed E-state index contributed by atoms with van der Waals surface area (Å²) in [7, 11) is 1.50. The molecule has 84 valence electrons. The molecule has 0 saturated heterocycles. The first-order chi connectivity index (χ1) is 4.71. The van der Waals surface area contributed by atoms with Gasteiger partial charge in [-0.3, -0.25) is 4.52 Å². The predicted octanol–water partition coefficient (Wildman–Crippen LogP) is -9.19. The number of phosphoric acid groups is 1. The Balaban J connectivity index is -0.000000167. The van der Waals surface area contributed by atoms with E-state index in [0.29, 0.717) is 11.0 Å². The molecular formula is C5H15Cl2NNaO4P. The van der Waals surface area contributed by atoms with Gasteiger partial charge in [-0.15, -0.1) is 0 Å². The van der Waals surface area contributed by atoms with Crippen molar-refractivity contribution < 1.29 is 77.7 Å². The van der Waals surface area contributed by atoms with Crippen molar-refractivity contribution in [3.63, 3.8) is 0 Å². The molecule has 0 atom stereocenters. The summed E-state index contributed by atoms with van der Waals surface area (Å²) in [6.07, 6.45) is 0. The third-order valence-corrected chi connectivity index (χ3v) is 1.54. The van der Waals surface area contributed by atoms with Gasteiger partial charge in [0.15, 0.2) is 0 Å². The summed E-state index contributed by atoms with van der Waals surface area (Å²) in [6, 6.07) is 0. The van der Waals surface area contributed by atoms with Crippen molar-refractivity contribution >= 4 is 7.82 Å². The first-order valence-corrected chi connectivity index (χ1v) is 4.74. The maximum absolute atomic E-state index is 10.2. The summed E-state index contributed by atoms with van der Waals surface area (Å²) in [5.74, 6) is 0. The largest absolute Gasteiger partial charge is 1.00 e. The van der Waals surface area contributed by atoms with Crippen LogP contribution in [0.5, 0.6) is 0 Å². The van der Waals surface area contributed by atoms with Crippen molar-refractivity contribution in [1.82, 2.24) is 0 Å². The number of nitrogens with zero attached hydrogens (tertiary/aromatic N) is 1. The van der Waals surface area contributed by atoms with Crippen LogP contribution in [0.25, 0.3) is 0 Å². The van der Waals surface area contributed by atoms with Crippen LogP contribution in [0.1, 0.15) is 0 Å². The van der Waals surface area contributed by atoms with Gasteiger partial charge < -0.3 is 39.1 Å². The quantitative estimate of drug-likeness (QED) is 0.304. The minimum absolute atomic E-state index is 0. The smallest absolute Gasteiger partial charge is 1.00 e. The third kappa shape index (κ3) is 23.5. The number of hydrogen-bond donors (Lipinski definition) is 2. The minimum Gasteiger partial charge on any atom is -1.00 e. The van der Waals surface area contributed by atoms with E-state index in [1.54, 1.807) is 0 Å². The van der Waals surface area contributed by atoms with Crippen molar-refractivity contribution in [2.75, 3.05) is 34.3 Å². The van der Waals surface area contributed by atoms with Gasteiger partial charge in [-0.2, -0.15) is 0 Å². The molecule has 9 heteroatoms. The molecular weight excluding hydrogens is 263 g/mol. The first-order valence-electron chi connectivity index (χ1n) is 3.21. The van der Waals surface area contributed by atoms with Crippen molar-refractivity contribution in [1.29, 1.82) is 0 Å². The van der Waals surface area contributed by atoms with Gasteiger partial charge >= 0.3 is 37.4 Å². The summed E-state index contributed by atoms with van der Waals surface area (Å²) in [4.78, 5) is 16.6. The number of phosphoric ester groups is 1. The van der Waals surface area contributed by atoms with Crippen LogP contribution >= 0.6 is 7.82 Å². The van der Waals surface area contributed by atoms with Gasteiger partial charge in [-0.05, 0) is 0 Å². The van der Waals surface area contributed by atoms with Crippen LogP contribution in [0.4, 0.5) is 0 Å². The van der Waals surface area contributed by atoms with E-state index in [4.69, 9.17) is 9.79 Å². The molecule has 14 heavy (non-hydrogen) atoms. The average molecular weight is 278 g/mol. The summed E-state index contributed by atoms with van der Waals surface area (Å²) in [6.45, 7) is 0.652. The Hall–Kier alpha value is 1.65. The third-order valence-electron chi connectivity index (χ3n) is 1.02. The Morgan fingerprint density at radius 2 is 1.57 bits per heavy atom. The zero-order chi connectivity index (χ0) is 9.12. The van der Waals surface area contributed by atoms with Crippen LogP contribution in [0.15, 0.2) is 0 Å². The van der Waals surface area contributed by atoms with Gasteiger partial charge in [0.2, 0.25) is 0 Å². The van der Waals surface area contributed by atoms with Gasteiger partial charge in [0.25, 0.3) is 0 Å². The van der Waals surface area contributed by atoms with Gasteiger partial charge in [-0.25, -0.2) is 4.57 Å². The van der Waals surface area contributed by atoms with E-state index < -0.39 is 7.82 Å². The van der Waals surface area contributed by atoms with Gasteiger partial charge in [0.1, 0.15) is 13.2 Å². The normalized spacial score (nSPS) is 10.6. The molecule has 0 unspecified atom stereocenters. The van der Waals surface area contributed by atoms with Gasteiger partial charge in [-0.1, -0.05) is 0 Å². The fourth-order valence-electron chi connectivity index (χ4n) is 0.434. The van der Waals surface area contributed by atoms with Crippen LogP contribution in [-0.4, -0.2) is 48.6 Å². The maximum atomic E-state index is 10.2. The van der Waals surface area contributed by atoms with E-state index in [1.165, 1.54) is 0 Å². The molecule has 0 radical (unpaired) electrons. The molecule has 0 heterocycles. The molecule has 0 amide bonds. The molecule has 0 spiro atoms. The Morgan fingerprint density at radius 3 is 1.79 bits per heavy atom. The van der Waals surface area contributed by atoms with Crippen LogP contribution < -0.4 is 54.4 Å². The van der Waals surface area contributed by atoms with Gasteiger partial charge in [0, 0.05) is 0 Å². The van der Waals surface area contributed by atoms with Crippen molar-refractivity contribution in [2.24, 2.45) is 0 Å². The molecule has 0 aliphatic heterocycles. The van der Waals surface area contributed by atoms with E-state index in [0.717, 1.165) is 0 Å². The van der Waals surface area contributed by atoms with E-state index in [2.05, 4.69) is 4.52 Å². The molecule has 0 saturated carbocycles. The monoisotopic (exact) mass is 277 g/mol. The fraction of sp³-hybridized carbons (Fsp3) is 1.00. The number of likely N-dealkylation sites (N-methyl/N-ethyl adjacent to an activating group) is 1. The van der Waals surface area contributed by atoms with E-state index in [-0.39, 0.29) is 61.0 Å². The molecule has 0 aromatic carbocycles. The van der Waals surface area contributed by atoms with E-state index >= 15 is 0 Å². The Kier molecular flexibility index (Phi) is 17.4. The standard InChI is InChI=1S/C5H14NO4P.2ClH.Na/c1-6(2,3)4-5-10-11(7,8)9;;;/h4-5H2,1-3H3,(H-,7,8,9);2*1H;/q;;;+1/p-1. The molecule has 0 bridgehead atoms. The number of halogens is 2. The number of quaternary nitrogens is 1. The number of rotatable bonds is 4. The van der Waals surface area contributed by atoms with Gasteiger partial charge in [0.05, 0.1) is 21.1 Å². The summed E-state index contributed by atoms with van der Waals surface area (Å²) in [5.41, 5.74) is 0. The summed E-state index contributed by atoms with van der Waals surface area (Å²) < 4.78 is 15.1. The molecule has 0 aliphatic carbocycles. The second-order valence-electron chi connectivity index (χ2n) is 3.34. The Labute approximate surface area is 119 Å². The Bertz CT molecular complexity index is 172. The fourth-order valence-corrected chi connectivity index (χ4v) is 0.753. The zero-order valence-corrected chi connectivity index (χ0v) is 13.2. The van der Waals surface area contributed by atoms with E-state index in [1.807, 2.05) is 21.1 Å². The first kappa shape index (κ1) is 24.7. The van der Waals surface area contributed by atoms with Crippen molar-refractivity contribution in [3.8, 4) is 0 Å². The molecule has 2 N–H and O–H groups in total. The Morgan fingerprint density at radius 1 is 1.21 bits per heavy atom. The van der Waals surface area contributed by atoms with Crippen LogP contribution in [0.3, 0.4) is 0 Å². The molecule has 0 aromatic heterocycles. The van der Waals surface area contributed by atoms with Crippen LogP contribution in [-0.2, 0) is 9.09 Å². The maximum Gasteiger partial charge on any atom is 1.00 e. The second kappa shape index (κ2) is 9.85. The van der Waals surface area contributed by atoms with Crippen molar-refractivity contribution in [2.45, 2.75) is 0 Å². The predicted molar refractivity (Wildman–Crippen MR) is 40.9 cm³/mol. The van der Waals surface area contributed by atoms with E-state index in [9.17, 15) is 4.57 Å². The molecule has 0 fully saturated rings. The molecule has 0 aliphatic rings. The van der Waals surface area contributed by atoms with Crippen LogP contribution in [0, 0.1) is 0 Å². The molecule has 0 aromatic rings. The van der Waals surface area contributed by atoms with Crippen molar-refractivity contribution in [3.05, 3.63) is 0 Å². The molecule has 5 nitrogen and oxygen atoms in total. The minimum atomic E-state index is -4.26. The average Bonchev–Trinajstić information content (AvgIpc) is 1.55. The SMILES string of the molecule is C[N+](C)(C)CCOP(=O)(O)O.[Cl-].[Cl-].[Na+]. The number of hydrogen-bond acceptors (Lipinski definition) is 2. The van der Waals surface area contributed by atoms with Crippen LogP contribution in [0.2, 0.25) is 0 Å².